The Hall–Kier alpha value is -2.57. The number of rotatable bonds is 4. The van der Waals surface area contributed by atoms with Crippen molar-refractivity contribution >= 4 is 11.6 Å². The number of carbonyl (C=O) groups is 1. The number of anilines is 1. The van der Waals surface area contributed by atoms with E-state index in [4.69, 9.17) is 4.74 Å². The second kappa shape index (κ2) is 6.05. The maximum absolute atomic E-state index is 13.4. The average Bonchev–Trinajstić information content (AvgIpc) is 2.43. The third kappa shape index (κ3) is 3.25. The number of carbonyl (C=O) groups excluding carboxylic acids is 1. The predicted molar refractivity (Wildman–Crippen MR) is 67.5 cm³/mol. The lowest BCUT2D eigenvalue weighted by Gasteiger charge is -2.06. The van der Waals surface area contributed by atoms with Crippen molar-refractivity contribution in [2.45, 2.75) is 6.92 Å². The van der Waals surface area contributed by atoms with Crippen LogP contribution in [0.15, 0.2) is 30.3 Å². The number of benzene rings is 1. The normalized spacial score (nSPS) is 10.2. The molecule has 0 spiro atoms. The molecular formula is C13H11F2N3O2. The highest BCUT2D eigenvalue weighted by atomic mass is 19.1. The van der Waals surface area contributed by atoms with Gasteiger partial charge in [0.05, 0.1) is 12.3 Å². The minimum atomic E-state index is -0.864. The lowest BCUT2D eigenvalue weighted by atomic mass is 10.3. The number of hydrogen-bond acceptors (Lipinski definition) is 4. The minimum Gasteiger partial charge on any atom is -0.477 e. The second-order valence-corrected chi connectivity index (χ2v) is 3.77. The molecule has 0 aliphatic rings. The van der Waals surface area contributed by atoms with Crippen molar-refractivity contribution in [3.63, 3.8) is 0 Å². The fourth-order valence-corrected chi connectivity index (χ4v) is 1.44. The number of amides is 1. The van der Waals surface area contributed by atoms with Crippen molar-refractivity contribution in [2.24, 2.45) is 0 Å². The Bertz CT molecular complexity index is 618. The number of ether oxygens (including phenoxy) is 1. The monoisotopic (exact) mass is 279 g/mol. The molecule has 2 rings (SSSR count). The quantitative estimate of drug-likeness (QED) is 0.933. The van der Waals surface area contributed by atoms with Gasteiger partial charge in [0, 0.05) is 12.1 Å². The molecule has 20 heavy (non-hydrogen) atoms. The van der Waals surface area contributed by atoms with Gasteiger partial charge in [-0.3, -0.25) is 4.79 Å². The van der Waals surface area contributed by atoms with Crippen molar-refractivity contribution < 1.29 is 18.3 Å². The largest absolute Gasteiger partial charge is 0.477 e. The van der Waals surface area contributed by atoms with Gasteiger partial charge in [-0.25, -0.2) is 8.78 Å². The topological polar surface area (TPSA) is 64.1 Å². The minimum absolute atomic E-state index is 0.00261. The number of nitrogens with zero attached hydrogens (tertiary/aromatic N) is 2. The van der Waals surface area contributed by atoms with Crippen LogP contribution in [0, 0.1) is 11.6 Å². The van der Waals surface area contributed by atoms with Crippen molar-refractivity contribution in [3.05, 3.63) is 47.7 Å². The maximum Gasteiger partial charge on any atom is 0.276 e. The van der Waals surface area contributed by atoms with E-state index in [0.29, 0.717) is 12.7 Å². The summed E-state index contributed by atoms with van der Waals surface area (Å²) >= 11 is 0. The van der Waals surface area contributed by atoms with Crippen LogP contribution < -0.4 is 10.1 Å². The van der Waals surface area contributed by atoms with Gasteiger partial charge in [-0.05, 0) is 25.1 Å². The van der Waals surface area contributed by atoms with E-state index in [0.717, 1.165) is 12.1 Å². The van der Waals surface area contributed by atoms with Crippen LogP contribution in [-0.2, 0) is 0 Å². The number of aromatic nitrogens is 2. The van der Waals surface area contributed by atoms with Gasteiger partial charge in [-0.2, -0.15) is 0 Å². The smallest absolute Gasteiger partial charge is 0.276 e. The molecular weight excluding hydrogens is 268 g/mol. The molecule has 1 N–H and O–H groups in total. The van der Waals surface area contributed by atoms with E-state index in [2.05, 4.69) is 15.5 Å². The molecule has 1 heterocycles. The van der Waals surface area contributed by atoms with Gasteiger partial charge in [-0.1, -0.05) is 0 Å². The zero-order valence-corrected chi connectivity index (χ0v) is 10.6. The van der Waals surface area contributed by atoms with Crippen LogP contribution in [-0.4, -0.2) is 22.7 Å². The molecule has 1 amide bonds. The molecule has 0 saturated carbocycles. The third-order valence-corrected chi connectivity index (χ3v) is 2.34. The zero-order chi connectivity index (χ0) is 14.5. The van der Waals surface area contributed by atoms with Crippen LogP contribution in [0.3, 0.4) is 0 Å². The summed E-state index contributed by atoms with van der Waals surface area (Å²) in [5.41, 5.74) is -0.135. The van der Waals surface area contributed by atoms with E-state index in [9.17, 15) is 13.6 Å². The summed E-state index contributed by atoms with van der Waals surface area (Å²) in [6.07, 6.45) is 0. The lowest BCUT2D eigenvalue weighted by molar-refractivity contribution is 0.102. The van der Waals surface area contributed by atoms with Gasteiger partial charge in [0.25, 0.3) is 5.91 Å². The molecule has 0 unspecified atom stereocenters. The van der Waals surface area contributed by atoms with Gasteiger partial charge < -0.3 is 10.1 Å². The van der Waals surface area contributed by atoms with Crippen molar-refractivity contribution in [1.29, 1.82) is 0 Å². The first kappa shape index (κ1) is 13.9. The second-order valence-electron chi connectivity index (χ2n) is 3.77. The molecule has 2 aromatic rings. The van der Waals surface area contributed by atoms with Gasteiger partial charge in [-0.15, -0.1) is 10.2 Å². The summed E-state index contributed by atoms with van der Waals surface area (Å²) in [5.74, 6) is -1.94. The van der Waals surface area contributed by atoms with Gasteiger partial charge in [0.1, 0.15) is 11.6 Å². The number of halogens is 2. The van der Waals surface area contributed by atoms with Crippen molar-refractivity contribution in [3.8, 4) is 5.88 Å². The van der Waals surface area contributed by atoms with E-state index in [-0.39, 0.29) is 17.3 Å². The Kier molecular flexibility index (Phi) is 4.19. The maximum atomic E-state index is 13.4. The Morgan fingerprint density at radius 2 is 2.05 bits per heavy atom. The van der Waals surface area contributed by atoms with Crippen molar-refractivity contribution in [1.82, 2.24) is 10.2 Å². The van der Waals surface area contributed by atoms with Crippen LogP contribution in [0.5, 0.6) is 5.88 Å². The van der Waals surface area contributed by atoms with E-state index in [1.165, 1.54) is 12.1 Å². The third-order valence-electron chi connectivity index (χ3n) is 2.34. The van der Waals surface area contributed by atoms with Crippen LogP contribution in [0.2, 0.25) is 0 Å². The summed E-state index contributed by atoms with van der Waals surface area (Å²) < 4.78 is 31.2. The predicted octanol–water partition coefficient (Wildman–Crippen LogP) is 2.41. The molecule has 0 bridgehead atoms. The molecule has 0 aliphatic carbocycles. The zero-order valence-electron chi connectivity index (χ0n) is 10.6. The molecule has 0 fully saturated rings. The van der Waals surface area contributed by atoms with E-state index >= 15 is 0 Å². The summed E-state index contributed by atoms with van der Waals surface area (Å²) in [5, 5.41) is 9.62. The van der Waals surface area contributed by atoms with Crippen LogP contribution in [0.1, 0.15) is 17.4 Å². The Balaban J connectivity index is 2.11. The molecule has 0 saturated heterocycles. The first-order chi connectivity index (χ1) is 9.60. The molecule has 104 valence electrons. The van der Waals surface area contributed by atoms with E-state index in [1.54, 1.807) is 6.92 Å². The number of nitrogens with one attached hydrogen (secondary N) is 1. The molecule has 0 atom stereocenters. The molecule has 0 radical (unpaired) electrons. The summed E-state index contributed by atoms with van der Waals surface area (Å²) in [4.78, 5) is 11.8. The van der Waals surface area contributed by atoms with Gasteiger partial charge >= 0.3 is 0 Å². The van der Waals surface area contributed by atoms with Gasteiger partial charge in [0.15, 0.2) is 5.69 Å². The molecule has 7 heteroatoms. The van der Waals surface area contributed by atoms with Crippen LogP contribution in [0.4, 0.5) is 14.5 Å². The first-order valence-electron chi connectivity index (χ1n) is 5.83. The fraction of sp³-hybridized carbons (Fsp3) is 0.154. The Morgan fingerprint density at radius 3 is 2.65 bits per heavy atom. The highest BCUT2D eigenvalue weighted by molar-refractivity contribution is 6.02. The average molecular weight is 279 g/mol. The molecule has 1 aromatic heterocycles. The Labute approximate surface area is 113 Å². The van der Waals surface area contributed by atoms with Crippen molar-refractivity contribution in [2.75, 3.05) is 11.9 Å². The van der Waals surface area contributed by atoms with E-state index < -0.39 is 17.5 Å². The highest BCUT2D eigenvalue weighted by Gasteiger charge is 2.12. The molecule has 5 nitrogen and oxygen atoms in total. The molecule has 1 aromatic carbocycles. The van der Waals surface area contributed by atoms with Crippen LogP contribution in [0.25, 0.3) is 0 Å². The lowest BCUT2D eigenvalue weighted by Crippen LogP contribution is -2.15. The summed E-state index contributed by atoms with van der Waals surface area (Å²) in [6, 6.07) is 5.73. The standard InChI is InChI=1S/C13H11F2N3O2/c1-2-20-12-6-5-11(17-18-12)13(19)16-10-4-3-8(14)7-9(10)15/h3-7H,2H2,1H3,(H,16,19). The summed E-state index contributed by atoms with van der Waals surface area (Å²) in [7, 11) is 0. The number of hydrogen-bond donors (Lipinski definition) is 1. The highest BCUT2D eigenvalue weighted by Crippen LogP contribution is 2.16. The SMILES string of the molecule is CCOc1ccc(C(=O)Nc2ccc(F)cc2F)nn1. The molecule has 0 aliphatic heterocycles. The Morgan fingerprint density at radius 1 is 1.25 bits per heavy atom. The summed E-state index contributed by atoms with van der Waals surface area (Å²) in [6.45, 7) is 2.22. The van der Waals surface area contributed by atoms with Crippen LogP contribution >= 0.6 is 0 Å². The fourth-order valence-electron chi connectivity index (χ4n) is 1.44. The first-order valence-corrected chi connectivity index (χ1v) is 5.83. The van der Waals surface area contributed by atoms with Gasteiger partial charge in [0.2, 0.25) is 5.88 Å². The van der Waals surface area contributed by atoms with E-state index in [1.807, 2.05) is 0 Å².